The summed E-state index contributed by atoms with van der Waals surface area (Å²) in [6, 6.07) is 3.77. The summed E-state index contributed by atoms with van der Waals surface area (Å²) < 4.78 is 0. The monoisotopic (exact) mass is 308 g/mol. The van der Waals surface area contributed by atoms with E-state index in [1.165, 1.54) is 23.1 Å². The number of carbonyl (C=O) groups is 2. The van der Waals surface area contributed by atoms with Gasteiger partial charge >= 0.3 is 0 Å². The Morgan fingerprint density at radius 3 is 2.52 bits per heavy atom. The Kier molecular flexibility index (Phi) is 4.62. The highest BCUT2D eigenvalue weighted by Gasteiger charge is 2.37. The van der Waals surface area contributed by atoms with Gasteiger partial charge in [0.05, 0.1) is 16.1 Å². The number of imide groups is 1. The van der Waals surface area contributed by atoms with Gasteiger partial charge in [0.25, 0.3) is 17.5 Å². The zero-order chi connectivity index (χ0) is 15.6. The summed E-state index contributed by atoms with van der Waals surface area (Å²) in [7, 11) is 0. The lowest BCUT2D eigenvalue weighted by Crippen LogP contribution is -2.35. The number of rotatable bonds is 6. The quantitative estimate of drug-likeness (QED) is 0.379. The van der Waals surface area contributed by atoms with E-state index >= 15 is 0 Å². The fourth-order valence-corrected chi connectivity index (χ4v) is 2.76. The van der Waals surface area contributed by atoms with Crippen LogP contribution in [0.5, 0.6) is 0 Å². The summed E-state index contributed by atoms with van der Waals surface area (Å²) in [5.41, 5.74) is 0.166. The van der Waals surface area contributed by atoms with E-state index in [2.05, 4.69) is 12.6 Å². The molecule has 1 aromatic rings. The van der Waals surface area contributed by atoms with E-state index in [-0.39, 0.29) is 28.6 Å². The number of nitro groups is 1. The third-order valence-electron chi connectivity index (χ3n) is 3.56. The van der Waals surface area contributed by atoms with E-state index in [4.69, 9.17) is 0 Å². The normalized spacial score (nSPS) is 15.2. The van der Waals surface area contributed by atoms with Gasteiger partial charge in [0.15, 0.2) is 0 Å². The van der Waals surface area contributed by atoms with E-state index in [1.807, 2.05) is 6.92 Å². The molecule has 1 heterocycles. The van der Waals surface area contributed by atoms with Gasteiger partial charge in [-0.1, -0.05) is 13.3 Å². The predicted molar refractivity (Wildman–Crippen MR) is 80.7 cm³/mol. The smallest absolute Gasteiger partial charge is 0.270 e. The van der Waals surface area contributed by atoms with Crippen LogP contribution in [-0.2, 0) is 0 Å². The minimum Gasteiger partial charge on any atom is -0.274 e. The molecule has 1 atom stereocenters. The summed E-state index contributed by atoms with van der Waals surface area (Å²) in [6.45, 7) is 2.33. The van der Waals surface area contributed by atoms with Crippen molar-refractivity contribution in [3.05, 3.63) is 39.4 Å². The van der Waals surface area contributed by atoms with Crippen LogP contribution in [0.1, 0.15) is 40.5 Å². The Balaban J connectivity index is 2.27. The van der Waals surface area contributed by atoms with Crippen molar-refractivity contribution in [2.45, 2.75) is 19.8 Å². The van der Waals surface area contributed by atoms with Crippen LogP contribution in [0.4, 0.5) is 5.69 Å². The number of fused-ring (bicyclic) bond motifs is 1. The summed E-state index contributed by atoms with van der Waals surface area (Å²) in [5, 5.41) is 10.8. The molecule has 0 N–H and O–H groups in total. The van der Waals surface area contributed by atoms with Gasteiger partial charge in [0, 0.05) is 18.7 Å². The molecular weight excluding hydrogens is 292 g/mol. The lowest BCUT2D eigenvalue weighted by molar-refractivity contribution is -0.384. The van der Waals surface area contributed by atoms with Gasteiger partial charge in [0.1, 0.15) is 0 Å². The van der Waals surface area contributed by atoms with Crippen molar-refractivity contribution in [1.82, 2.24) is 4.90 Å². The van der Waals surface area contributed by atoms with Crippen molar-refractivity contribution in [3.8, 4) is 0 Å². The molecule has 0 radical (unpaired) electrons. The molecule has 1 aliphatic heterocycles. The number of amides is 2. The van der Waals surface area contributed by atoms with Crippen molar-refractivity contribution in [2.24, 2.45) is 5.92 Å². The fourth-order valence-electron chi connectivity index (χ4n) is 2.46. The van der Waals surface area contributed by atoms with Gasteiger partial charge in [-0.25, -0.2) is 0 Å². The second-order valence-corrected chi connectivity index (χ2v) is 5.41. The highest BCUT2D eigenvalue weighted by atomic mass is 32.1. The van der Waals surface area contributed by atoms with E-state index < -0.39 is 10.8 Å². The summed E-state index contributed by atoms with van der Waals surface area (Å²) >= 11 is 4.25. The van der Waals surface area contributed by atoms with Crippen LogP contribution >= 0.6 is 12.6 Å². The van der Waals surface area contributed by atoms with E-state index in [1.54, 1.807) is 0 Å². The lowest BCUT2D eigenvalue weighted by Gasteiger charge is -2.20. The first kappa shape index (κ1) is 15.5. The average Bonchev–Trinajstić information content (AvgIpc) is 2.71. The number of benzene rings is 1. The van der Waals surface area contributed by atoms with Crippen LogP contribution in [0.3, 0.4) is 0 Å². The Morgan fingerprint density at radius 2 is 1.95 bits per heavy atom. The van der Waals surface area contributed by atoms with Gasteiger partial charge < -0.3 is 0 Å². The summed E-state index contributed by atoms with van der Waals surface area (Å²) in [5.74, 6) is -0.119. The number of nitrogens with zero attached hydrogens (tertiary/aromatic N) is 2. The van der Waals surface area contributed by atoms with Gasteiger partial charge in [-0.05, 0) is 24.2 Å². The van der Waals surface area contributed by atoms with Crippen LogP contribution < -0.4 is 0 Å². The number of non-ortho nitro benzene ring substituents is 1. The third-order valence-corrected chi connectivity index (χ3v) is 4.08. The molecule has 1 aliphatic rings. The highest BCUT2D eigenvalue weighted by molar-refractivity contribution is 7.80. The van der Waals surface area contributed by atoms with Crippen LogP contribution in [0, 0.1) is 16.0 Å². The van der Waals surface area contributed by atoms with Crippen LogP contribution in [0.15, 0.2) is 18.2 Å². The Hall–Kier alpha value is -1.89. The molecule has 2 rings (SSSR count). The zero-order valence-electron chi connectivity index (χ0n) is 11.6. The predicted octanol–water partition coefficient (Wildman–Crippen LogP) is 2.54. The first-order valence-electron chi connectivity index (χ1n) is 6.75. The zero-order valence-corrected chi connectivity index (χ0v) is 12.5. The molecule has 0 aromatic heterocycles. The maximum Gasteiger partial charge on any atom is 0.270 e. The second kappa shape index (κ2) is 6.26. The molecule has 21 heavy (non-hydrogen) atoms. The maximum atomic E-state index is 12.3. The van der Waals surface area contributed by atoms with Crippen LogP contribution in [0.25, 0.3) is 0 Å². The molecule has 0 bridgehead atoms. The largest absolute Gasteiger partial charge is 0.274 e. The van der Waals surface area contributed by atoms with Crippen LogP contribution in [0.2, 0.25) is 0 Å². The molecule has 1 unspecified atom stereocenters. The Labute approximate surface area is 127 Å². The molecule has 6 nitrogen and oxygen atoms in total. The molecule has 0 saturated carbocycles. The molecule has 0 fully saturated rings. The highest BCUT2D eigenvalue weighted by Crippen LogP contribution is 2.28. The Bertz CT molecular complexity index is 603. The maximum absolute atomic E-state index is 12.3. The molecule has 0 saturated heterocycles. The summed E-state index contributed by atoms with van der Waals surface area (Å²) in [4.78, 5) is 35.9. The van der Waals surface area contributed by atoms with Crippen molar-refractivity contribution < 1.29 is 14.5 Å². The van der Waals surface area contributed by atoms with Gasteiger partial charge in [-0.15, -0.1) is 0 Å². The number of carbonyl (C=O) groups excluding carboxylic acids is 2. The third kappa shape index (κ3) is 2.92. The minimum absolute atomic E-state index is 0.114. The van der Waals surface area contributed by atoms with Gasteiger partial charge in [0.2, 0.25) is 0 Å². The Morgan fingerprint density at radius 1 is 1.29 bits per heavy atom. The first-order chi connectivity index (χ1) is 9.99. The molecular formula is C14H16N2O4S. The molecule has 1 aromatic carbocycles. The molecule has 112 valence electrons. The average molecular weight is 308 g/mol. The van der Waals surface area contributed by atoms with Gasteiger partial charge in [-0.2, -0.15) is 12.6 Å². The van der Waals surface area contributed by atoms with Crippen molar-refractivity contribution >= 4 is 30.1 Å². The number of thiol groups is 1. The number of hydrogen-bond acceptors (Lipinski definition) is 5. The SMILES string of the molecule is CCCC(CS)CN1C(=O)c2ccc([N+](=O)[O-])cc2C1=O. The standard InChI is InChI=1S/C14H16N2O4S/c1-2-3-9(8-21)7-15-13(17)11-5-4-10(16(19)20)6-12(11)14(15)18/h4-6,9,21H,2-3,7-8H2,1H3. The minimum atomic E-state index is -0.575. The number of nitro benzene ring substituents is 1. The van der Waals surface area contributed by atoms with E-state index in [9.17, 15) is 19.7 Å². The molecule has 7 heteroatoms. The topological polar surface area (TPSA) is 80.5 Å². The molecule has 0 aliphatic carbocycles. The van der Waals surface area contributed by atoms with Gasteiger partial charge in [-0.3, -0.25) is 24.6 Å². The van der Waals surface area contributed by atoms with Crippen LogP contribution in [-0.4, -0.2) is 33.9 Å². The van der Waals surface area contributed by atoms with Crippen molar-refractivity contribution in [3.63, 3.8) is 0 Å². The van der Waals surface area contributed by atoms with Crippen molar-refractivity contribution in [1.29, 1.82) is 0 Å². The molecule has 2 amide bonds. The number of hydrogen-bond donors (Lipinski definition) is 1. The first-order valence-corrected chi connectivity index (χ1v) is 7.38. The second-order valence-electron chi connectivity index (χ2n) is 5.05. The fraction of sp³-hybridized carbons (Fsp3) is 0.429. The van der Waals surface area contributed by atoms with Crippen molar-refractivity contribution in [2.75, 3.05) is 12.3 Å². The molecule has 0 spiro atoms. The van der Waals surface area contributed by atoms with E-state index in [0.29, 0.717) is 12.3 Å². The lowest BCUT2D eigenvalue weighted by atomic mass is 10.1. The summed E-state index contributed by atoms with van der Waals surface area (Å²) in [6.07, 6.45) is 1.82. The van der Waals surface area contributed by atoms with E-state index in [0.717, 1.165) is 12.8 Å².